The van der Waals surface area contributed by atoms with E-state index in [0.29, 0.717) is 11.3 Å². The fourth-order valence-electron chi connectivity index (χ4n) is 1.40. The fraction of sp³-hybridized carbons (Fsp3) is 0.167. The average Bonchev–Trinajstić information content (AvgIpc) is 2.28. The number of amides is 1. The van der Waals surface area contributed by atoms with Crippen molar-refractivity contribution in [3.63, 3.8) is 0 Å². The summed E-state index contributed by atoms with van der Waals surface area (Å²) in [5.74, 6) is -1.49. The van der Waals surface area contributed by atoms with Gasteiger partial charge in [0.05, 0.1) is 5.56 Å². The van der Waals surface area contributed by atoms with Crippen LogP contribution in [0.15, 0.2) is 36.9 Å². The highest BCUT2D eigenvalue weighted by atomic mass is 16.4. The van der Waals surface area contributed by atoms with E-state index in [4.69, 9.17) is 10.8 Å². The number of carboxylic acids is 1. The summed E-state index contributed by atoms with van der Waals surface area (Å²) in [6.07, 6.45) is 1.47. The predicted molar refractivity (Wildman–Crippen MR) is 64.6 cm³/mol. The maximum atomic E-state index is 12.0. The number of carboxylic acid groups (broad SMARTS) is 1. The molecule has 1 aromatic rings. The summed E-state index contributed by atoms with van der Waals surface area (Å²) in [5, 5.41) is 8.72. The van der Waals surface area contributed by atoms with Gasteiger partial charge in [0, 0.05) is 12.2 Å². The molecule has 1 rings (SSSR count). The van der Waals surface area contributed by atoms with Gasteiger partial charge in [0.2, 0.25) is 0 Å². The Hall–Kier alpha value is -2.30. The molecule has 5 heteroatoms. The van der Waals surface area contributed by atoms with Gasteiger partial charge in [-0.2, -0.15) is 0 Å². The Bertz CT molecular complexity index is 443. The minimum absolute atomic E-state index is 0.166. The molecule has 1 amide bonds. The SMILES string of the molecule is C=CCN(CC(=O)O)C(=O)c1ccccc1N. The van der Waals surface area contributed by atoms with E-state index in [9.17, 15) is 9.59 Å². The normalized spacial score (nSPS) is 9.65. The van der Waals surface area contributed by atoms with Gasteiger partial charge in [-0.15, -0.1) is 6.58 Å². The van der Waals surface area contributed by atoms with Crippen molar-refractivity contribution in [2.75, 3.05) is 18.8 Å². The highest BCUT2D eigenvalue weighted by Crippen LogP contribution is 2.13. The molecule has 0 bridgehead atoms. The number of para-hydroxylation sites is 1. The van der Waals surface area contributed by atoms with Crippen LogP contribution in [0.25, 0.3) is 0 Å². The van der Waals surface area contributed by atoms with Crippen LogP contribution in [0.1, 0.15) is 10.4 Å². The van der Waals surface area contributed by atoms with Crippen molar-refractivity contribution in [1.82, 2.24) is 4.90 Å². The van der Waals surface area contributed by atoms with E-state index < -0.39 is 11.9 Å². The van der Waals surface area contributed by atoms with Gasteiger partial charge < -0.3 is 15.7 Å². The Labute approximate surface area is 99.1 Å². The number of anilines is 1. The van der Waals surface area contributed by atoms with E-state index >= 15 is 0 Å². The number of nitrogen functional groups attached to an aromatic ring is 1. The summed E-state index contributed by atoms with van der Waals surface area (Å²) in [4.78, 5) is 23.8. The first-order valence-electron chi connectivity index (χ1n) is 5.02. The van der Waals surface area contributed by atoms with Crippen LogP contribution in [-0.4, -0.2) is 35.0 Å². The number of carbonyl (C=O) groups is 2. The van der Waals surface area contributed by atoms with Crippen molar-refractivity contribution in [1.29, 1.82) is 0 Å². The van der Waals surface area contributed by atoms with Crippen LogP contribution in [0.3, 0.4) is 0 Å². The zero-order valence-corrected chi connectivity index (χ0v) is 9.30. The van der Waals surface area contributed by atoms with Gasteiger partial charge in [-0.25, -0.2) is 0 Å². The van der Waals surface area contributed by atoms with Crippen LogP contribution in [0.4, 0.5) is 5.69 Å². The molecular formula is C12H14N2O3. The molecular weight excluding hydrogens is 220 g/mol. The molecule has 0 aliphatic rings. The standard InChI is InChI=1S/C12H14N2O3/c1-2-7-14(8-11(15)16)12(17)9-5-3-4-6-10(9)13/h2-6H,1,7-8,13H2,(H,15,16). The average molecular weight is 234 g/mol. The summed E-state index contributed by atoms with van der Waals surface area (Å²) < 4.78 is 0. The third-order valence-corrected chi connectivity index (χ3v) is 2.15. The second-order valence-electron chi connectivity index (χ2n) is 3.46. The summed E-state index contributed by atoms with van der Waals surface area (Å²) in [6.45, 7) is 3.28. The number of benzene rings is 1. The molecule has 0 aliphatic carbocycles. The van der Waals surface area contributed by atoms with Crippen LogP contribution < -0.4 is 5.73 Å². The summed E-state index contributed by atoms with van der Waals surface area (Å²) in [7, 11) is 0. The molecule has 0 saturated heterocycles. The lowest BCUT2D eigenvalue weighted by atomic mass is 10.1. The Balaban J connectivity index is 2.95. The van der Waals surface area contributed by atoms with Crippen LogP contribution in [0.2, 0.25) is 0 Å². The lowest BCUT2D eigenvalue weighted by molar-refractivity contribution is -0.137. The van der Waals surface area contributed by atoms with Crippen molar-refractivity contribution in [2.24, 2.45) is 0 Å². The van der Waals surface area contributed by atoms with Crippen LogP contribution in [0.5, 0.6) is 0 Å². The molecule has 0 atom stereocenters. The summed E-state index contributed by atoms with van der Waals surface area (Å²) >= 11 is 0. The van der Waals surface area contributed by atoms with Gasteiger partial charge in [0.25, 0.3) is 5.91 Å². The predicted octanol–water partition coefficient (Wildman–Crippen LogP) is 0.982. The lowest BCUT2D eigenvalue weighted by Crippen LogP contribution is -2.36. The Morgan fingerprint density at radius 2 is 2.06 bits per heavy atom. The molecule has 0 heterocycles. The minimum Gasteiger partial charge on any atom is -0.480 e. The number of rotatable bonds is 5. The van der Waals surface area contributed by atoms with Crippen LogP contribution in [-0.2, 0) is 4.79 Å². The molecule has 0 aromatic heterocycles. The minimum atomic E-state index is -1.07. The van der Waals surface area contributed by atoms with E-state index in [0.717, 1.165) is 0 Å². The summed E-state index contributed by atoms with van der Waals surface area (Å²) in [5.41, 5.74) is 6.30. The largest absolute Gasteiger partial charge is 0.480 e. The van der Waals surface area contributed by atoms with E-state index in [1.54, 1.807) is 24.3 Å². The number of aliphatic carboxylic acids is 1. The molecule has 0 aliphatic heterocycles. The van der Waals surface area contributed by atoms with Gasteiger partial charge in [0.15, 0.2) is 0 Å². The number of carbonyl (C=O) groups excluding carboxylic acids is 1. The number of hydrogen-bond donors (Lipinski definition) is 2. The first-order chi connectivity index (χ1) is 8.06. The van der Waals surface area contributed by atoms with Crippen molar-refractivity contribution in [3.8, 4) is 0 Å². The number of nitrogens with zero attached hydrogens (tertiary/aromatic N) is 1. The third kappa shape index (κ3) is 3.34. The topological polar surface area (TPSA) is 83.6 Å². The maximum absolute atomic E-state index is 12.0. The van der Waals surface area contributed by atoms with Crippen molar-refractivity contribution in [2.45, 2.75) is 0 Å². The molecule has 5 nitrogen and oxygen atoms in total. The number of hydrogen-bond acceptors (Lipinski definition) is 3. The van der Waals surface area contributed by atoms with E-state index in [2.05, 4.69) is 6.58 Å². The quantitative estimate of drug-likeness (QED) is 0.587. The lowest BCUT2D eigenvalue weighted by Gasteiger charge is -2.19. The van der Waals surface area contributed by atoms with E-state index in [1.807, 2.05) is 0 Å². The summed E-state index contributed by atoms with van der Waals surface area (Å²) in [6, 6.07) is 6.55. The monoisotopic (exact) mass is 234 g/mol. The van der Waals surface area contributed by atoms with Crippen molar-refractivity contribution in [3.05, 3.63) is 42.5 Å². The molecule has 0 radical (unpaired) electrons. The fourth-order valence-corrected chi connectivity index (χ4v) is 1.40. The zero-order chi connectivity index (χ0) is 12.8. The molecule has 0 spiro atoms. The molecule has 3 N–H and O–H groups in total. The highest BCUT2D eigenvalue weighted by molar-refractivity contribution is 6.00. The van der Waals surface area contributed by atoms with Gasteiger partial charge in [0.1, 0.15) is 6.54 Å². The molecule has 1 aromatic carbocycles. The molecule has 0 fully saturated rings. The highest BCUT2D eigenvalue weighted by Gasteiger charge is 2.18. The van der Waals surface area contributed by atoms with E-state index in [1.165, 1.54) is 11.0 Å². The smallest absolute Gasteiger partial charge is 0.323 e. The van der Waals surface area contributed by atoms with Crippen LogP contribution >= 0.6 is 0 Å². The first-order valence-corrected chi connectivity index (χ1v) is 5.02. The van der Waals surface area contributed by atoms with Gasteiger partial charge >= 0.3 is 5.97 Å². The Morgan fingerprint density at radius 3 is 2.59 bits per heavy atom. The molecule has 0 saturated carbocycles. The molecule has 17 heavy (non-hydrogen) atoms. The molecule has 0 unspecified atom stereocenters. The van der Waals surface area contributed by atoms with Crippen molar-refractivity contribution < 1.29 is 14.7 Å². The molecule has 90 valence electrons. The maximum Gasteiger partial charge on any atom is 0.323 e. The number of nitrogens with two attached hydrogens (primary N) is 1. The second-order valence-corrected chi connectivity index (χ2v) is 3.46. The van der Waals surface area contributed by atoms with Gasteiger partial charge in [-0.3, -0.25) is 9.59 Å². The van der Waals surface area contributed by atoms with E-state index in [-0.39, 0.29) is 13.1 Å². The van der Waals surface area contributed by atoms with Gasteiger partial charge in [-0.05, 0) is 12.1 Å². The van der Waals surface area contributed by atoms with Gasteiger partial charge in [-0.1, -0.05) is 18.2 Å². The first kappa shape index (κ1) is 12.8. The third-order valence-electron chi connectivity index (χ3n) is 2.15. The van der Waals surface area contributed by atoms with Crippen molar-refractivity contribution >= 4 is 17.6 Å². The Morgan fingerprint density at radius 1 is 1.41 bits per heavy atom. The Kier molecular flexibility index (Phi) is 4.28. The van der Waals surface area contributed by atoms with Crippen LogP contribution in [0, 0.1) is 0 Å². The second kappa shape index (κ2) is 5.69. The zero-order valence-electron chi connectivity index (χ0n) is 9.30.